The van der Waals surface area contributed by atoms with Crippen LogP contribution in [-0.2, 0) is 0 Å². The van der Waals surface area contributed by atoms with Crippen LogP contribution in [-0.4, -0.2) is 4.90 Å². The Morgan fingerprint density at radius 2 is 1.85 bits per heavy atom. The molecule has 0 saturated carbocycles. The number of nitrogens with zero attached hydrogens (tertiary/aromatic N) is 1. The van der Waals surface area contributed by atoms with Crippen LogP contribution in [0.25, 0.3) is 16.7 Å². The van der Waals surface area contributed by atoms with E-state index in [1.54, 1.807) is 0 Å². The first-order valence-corrected chi connectivity index (χ1v) is 9.14. The third kappa shape index (κ3) is 3.13. The van der Waals surface area contributed by atoms with E-state index in [-0.39, 0.29) is 5.02 Å². The van der Waals surface area contributed by atoms with Crippen LogP contribution in [0.15, 0.2) is 72.2 Å². The summed E-state index contributed by atoms with van der Waals surface area (Å²) in [5.74, 6) is -1.38. The first-order valence-electron chi connectivity index (χ1n) is 8.76. The molecule has 0 spiro atoms. The summed E-state index contributed by atoms with van der Waals surface area (Å²) in [4.78, 5) is 2.06. The van der Waals surface area contributed by atoms with Crippen molar-refractivity contribution in [2.24, 2.45) is 0 Å². The van der Waals surface area contributed by atoms with Crippen molar-refractivity contribution in [1.29, 1.82) is 0 Å². The fraction of sp³-hybridized carbons (Fsp3) is 0.130. The van der Waals surface area contributed by atoms with Crippen LogP contribution >= 0.6 is 11.6 Å². The summed E-state index contributed by atoms with van der Waals surface area (Å²) < 4.78 is 28.3. The monoisotopic (exact) mass is 381 g/mol. The van der Waals surface area contributed by atoms with Crippen LogP contribution < -0.4 is 0 Å². The van der Waals surface area contributed by atoms with E-state index < -0.39 is 11.6 Å². The number of halogens is 3. The molecule has 0 atom stereocenters. The van der Waals surface area contributed by atoms with Gasteiger partial charge in [0.05, 0.1) is 5.02 Å². The molecular formula is C23H18ClF2N. The molecule has 0 aliphatic carbocycles. The quantitative estimate of drug-likeness (QED) is 0.506. The van der Waals surface area contributed by atoms with Crippen LogP contribution in [0.4, 0.5) is 8.78 Å². The third-order valence-electron chi connectivity index (χ3n) is 4.93. The largest absolute Gasteiger partial charge is 0.324 e. The second-order valence-electron chi connectivity index (χ2n) is 6.77. The number of allylic oxidation sites excluding steroid dienone is 5. The zero-order valence-corrected chi connectivity index (χ0v) is 15.8. The lowest BCUT2D eigenvalue weighted by atomic mass is 9.87. The Kier molecular flexibility index (Phi) is 4.48. The maximum absolute atomic E-state index is 14.6. The van der Waals surface area contributed by atoms with E-state index in [4.69, 9.17) is 11.6 Å². The van der Waals surface area contributed by atoms with Gasteiger partial charge in [-0.3, -0.25) is 0 Å². The van der Waals surface area contributed by atoms with Crippen LogP contribution in [0.2, 0.25) is 5.02 Å². The fourth-order valence-electron chi connectivity index (χ4n) is 3.59. The van der Waals surface area contributed by atoms with E-state index in [2.05, 4.69) is 29.3 Å². The molecule has 0 radical (unpaired) electrons. The Hall–Kier alpha value is -2.65. The minimum Gasteiger partial charge on any atom is -0.324 e. The predicted molar refractivity (Wildman–Crippen MR) is 107 cm³/mol. The first kappa shape index (κ1) is 17.7. The average Bonchev–Trinajstić information content (AvgIpc) is 2.64. The van der Waals surface area contributed by atoms with Gasteiger partial charge in [0.1, 0.15) is 11.6 Å². The maximum atomic E-state index is 14.6. The Labute approximate surface area is 162 Å². The zero-order chi connectivity index (χ0) is 19.1. The van der Waals surface area contributed by atoms with Crippen molar-refractivity contribution in [2.45, 2.75) is 20.3 Å². The van der Waals surface area contributed by atoms with Crippen LogP contribution in [0.1, 0.15) is 24.5 Å². The Morgan fingerprint density at radius 1 is 1.04 bits per heavy atom. The summed E-state index contributed by atoms with van der Waals surface area (Å²) >= 11 is 5.95. The van der Waals surface area contributed by atoms with Crippen molar-refractivity contribution in [2.75, 3.05) is 0 Å². The molecule has 2 aromatic rings. The molecule has 4 heteroatoms. The summed E-state index contributed by atoms with van der Waals surface area (Å²) in [6.45, 7) is 3.96. The van der Waals surface area contributed by atoms with Gasteiger partial charge in [0.2, 0.25) is 0 Å². The number of hydrogen-bond acceptors (Lipinski definition) is 1. The molecule has 0 saturated heterocycles. The number of aryl methyl sites for hydroxylation is 1. The molecule has 0 bridgehead atoms. The molecule has 0 N–H and O–H groups in total. The topological polar surface area (TPSA) is 3.24 Å². The summed E-state index contributed by atoms with van der Waals surface area (Å²) in [7, 11) is 0. The van der Waals surface area contributed by atoms with Gasteiger partial charge in [-0.05, 0) is 54.7 Å². The van der Waals surface area contributed by atoms with Gasteiger partial charge in [-0.25, -0.2) is 8.78 Å². The predicted octanol–water partition coefficient (Wildman–Crippen LogP) is 7.00. The van der Waals surface area contributed by atoms with Gasteiger partial charge in [-0.1, -0.05) is 42.0 Å². The molecule has 1 nitrogen and oxygen atoms in total. The number of rotatable bonds is 2. The Morgan fingerprint density at radius 3 is 2.67 bits per heavy atom. The minimum atomic E-state index is -0.755. The molecule has 0 fully saturated rings. The van der Waals surface area contributed by atoms with E-state index in [1.165, 1.54) is 6.07 Å². The third-order valence-corrected chi connectivity index (χ3v) is 5.22. The lowest BCUT2D eigenvalue weighted by Crippen LogP contribution is -2.15. The van der Waals surface area contributed by atoms with Gasteiger partial charge >= 0.3 is 0 Å². The molecule has 0 aromatic heterocycles. The normalized spacial score (nSPS) is 15.9. The summed E-state index contributed by atoms with van der Waals surface area (Å²) in [6, 6.07) is 8.05. The van der Waals surface area contributed by atoms with Crippen molar-refractivity contribution in [3.63, 3.8) is 0 Å². The van der Waals surface area contributed by atoms with Gasteiger partial charge in [0.15, 0.2) is 0 Å². The first-order chi connectivity index (χ1) is 13.0. The lowest BCUT2D eigenvalue weighted by molar-refractivity contribution is 0.586. The second kappa shape index (κ2) is 6.82. The highest BCUT2D eigenvalue weighted by Gasteiger charge is 2.21. The van der Waals surface area contributed by atoms with Crippen molar-refractivity contribution < 1.29 is 8.78 Å². The standard InChI is InChI=1S/C23H18ClF2N/c1-14-6-5-8-17(23(14)18-11-20(24)22(26)12-21(18)25)19-13-27-9-4-3-7-16(27)10-15(19)2/h4-13H,3H2,1-2H3. The van der Waals surface area contributed by atoms with Crippen LogP contribution in [0, 0.1) is 18.6 Å². The molecule has 0 amide bonds. The van der Waals surface area contributed by atoms with Crippen molar-refractivity contribution in [3.05, 3.63) is 100 Å². The van der Waals surface area contributed by atoms with Gasteiger partial charge in [0, 0.05) is 35.3 Å². The number of fused-ring (bicyclic) bond motifs is 1. The van der Waals surface area contributed by atoms with Crippen molar-refractivity contribution in [1.82, 2.24) is 4.90 Å². The van der Waals surface area contributed by atoms with E-state index in [1.807, 2.05) is 38.2 Å². The molecule has 27 heavy (non-hydrogen) atoms. The number of benzene rings is 2. The summed E-state index contributed by atoms with van der Waals surface area (Å²) in [6.07, 6.45) is 11.4. The SMILES string of the molecule is CC1=CC2=CCC=CN2C=C1c1cccc(C)c1-c1cc(Cl)c(F)cc1F. The molecule has 4 rings (SSSR count). The van der Waals surface area contributed by atoms with E-state index >= 15 is 0 Å². The molecular weight excluding hydrogens is 364 g/mol. The van der Waals surface area contributed by atoms with E-state index in [0.717, 1.165) is 46.0 Å². The van der Waals surface area contributed by atoms with Gasteiger partial charge < -0.3 is 4.90 Å². The van der Waals surface area contributed by atoms with Gasteiger partial charge in [0.25, 0.3) is 0 Å². The smallest absolute Gasteiger partial charge is 0.144 e. The average molecular weight is 382 g/mol. The number of hydrogen-bond donors (Lipinski definition) is 0. The molecule has 136 valence electrons. The van der Waals surface area contributed by atoms with Crippen LogP contribution in [0.3, 0.4) is 0 Å². The maximum Gasteiger partial charge on any atom is 0.144 e. The van der Waals surface area contributed by atoms with Crippen molar-refractivity contribution in [3.8, 4) is 11.1 Å². The van der Waals surface area contributed by atoms with E-state index in [0.29, 0.717) is 5.56 Å². The summed E-state index contributed by atoms with van der Waals surface area (Å²) in [5.41, 5.74) is 6.04. The van der Waals surface area contributed by atoms with Gasteiger partial charge in [-0.2, -0.15) is 0 Å². The lowest BCUT2D eigenvalue weighted by Gasteiger charge is -2.28. The Bertz CT molecular complexity index is 1060. The van der Waals surface area contributed by atoms with Gasteiger partial charge in [-0.15, -0.1) is 0 Å². The van der Waals surface area contributed by atoms with Crippen molar-refractivity contribution >= 4 is 17.2 Å². The molecule has 2 aliphatic rings. The second-order valence-corrected chi connectivity index (χ2v) is 7.18. The zero-order valence-electron chi connectivity index (χ0n) is 15.1. The minimum absolute atomic E-state index is 0.0883. The highest BCUT2D eigenvalue weighted by Crippen LogP contribution is 2.40. The van der Waals surface area contributed by atoms with E-state index in [9.17, 15) is 8.78 Å². The fourth-order valence-corrected chi connectivity index (χ4v) is 3.76. The molecule has 2 aromatic carbocycles. The highest BCUT2D eigenvalue weighted by molar-refractivity contribution is 6.31. The highest BCUT2D eigenvalue weighted by atomic mass is 35.5. The molecule has 0 unspecified atom stereocenters. The molecule has 2 aliphatic heterocycles. The molecule has 2 heterocycles. The van der Waals surface area contributed by atoms with Crippen LogP contribution in [0.5, 0.6) is 0 Å². The Balaban J connectivity index is 1.93. The summed E-state index contributed by atoms with van der Waals surface area (Å²) in [5, 5.41) is -0.0883.